The van der Waals surface area contributed by atoms with E-state index in [-0.39, 0.29) is 6.09 Å². The van der Waals surface area contributed by atoms with E-state index in [0.29, 0.717) is 6.61 Å². The van der Waals surface area contributed by atoms with Gasteiger partial charge in [0.15, 0.2) is 0 Å². The van der Waals surface area contributed by atoms with Crippen molar-refractivity contribution in [2.24, 2.45) is 0 Å². The van der Waals surface area contributed by atoms with Crippen molar-refractivity contribution >= 4 is 6.09 Å². The SMILES string of the molecule is Cc1ccccc1COC(=O)N1CCCNCC1. The summed E-state index contributed by atoms with van der Waals surface area (Å²) in [4.78, 5) is 13.7. The minimum atomic E-state index is -0.207. The Kier molecular flexibility index (Phi) is 4.59. The van der Waals surface area contributed by atoms with Crippen molar-refractivity contribution in [3.8, 4) is 0 Å². The lowest BCUT2D eigenvalue weighted by Gasteiger charge is -2.19. The van der Waals surface area contributed by atoms with Gasteiger partial charge in [-0.3, -0.25) is 0 Å². The molecule has 0 aliphatic carbocycles. The number of ether oxygens (including phenoxy) is 1. The first kappa shape index (κ1) is 12.9. The highest BCUT2D eigenvalue weighted by molar-refractivity contribution is 5.67. The third-order valence-electron chi connectivity index (χ3n) is 3.21. The van der Waals surface area contributed by atoms with Crippen molar-refractivity contribution in [1.29, 1.82) is 0 Å². The van der Waals surface area contributed by atoms with Crippen LogP contribution in [0.5, 0.6) is 0 Å². The molecule has 1 aliphatic rings. The van der Waals surface area contributed by atoms with Gasteiger partial charge in [-0.15, -0.1) is 0 Å². The molecule has 0 atom stereocenters. The number of rotatable bonds is 2. The van der Waals surface area contributed by atoms with Crippen LogP contribution in [0.1, 0.15) is 17.5 Å². The van der Waals surface area contributed by atoms with Crippen LogP contribution in [0.2, 0.25) is 0 Å². The first-order valence-electron chi connectivity index (χ1n) is 6.44. The third-order valence-corrected chi connectivity index (χ3v) is 3.21. The highest BCUT2D eigenvalue weighted by Crippen LogP contribution is 2.09. The maximum absolute atomic E-state index is 11.9. The summed E-state index contributed by atoms with van der Waals surface area (Å²) in [6, 6.07) is 7.97. The zero-order valence-electron chi connectivity index (χ0n) is 10.8. The second-order valence-electron chi connectivity index (χ2n) is 4.57. The highest BCUT2D eigenvalue weighted by atomic mass is 16.6. The van der Waals surface area contributed by atoms with Crippen LogP contribution in [0.4, 0.5) is 4.79 Å². The van der Waals surface area contributed by atoms with Crippen molar-refractivity contribution in [3.63, 3.8) is 0 Å². The number of amides is 1. The lowest BCUT2D eigenvalue weighted by atomic mass is 10.1. The van der Waals surface area contributed by atoms with Crippen molar-refractivity contribution in [1.82, 2.24) is 10.2 Å². The summed E-state index contributed by atoms with van der Waals surface area (Å²) < 4.78 is 5.36. The van der Waals surface area contributed by atoms with Crippen molar-refractivity contribution in [2.45, 2.75) is 20.0 Å². The largest absolute Gasteiger partial charge is 0.445 e. The Hall–Kier alpha value is -1.55. The topological polar surface area (TPSA) is 41.6 Å². The number of nitrogens with zero attached hydrogens (tertiary/aromatic N) is 1. The molecule has 4 nitrogen and oxygen atoms in total. The van der Waals surface area contributed by atoms with E-state index >= 15 is 0 Å². The fourth-order valence-electron chi connectivity index (χ4n) is 2.03. The second-order valence-corrected chi connectivity index (χ2v) is 4.57. The molecule has 0 aromatic heterocycles. The summed E-state index contributed by atoms with van der Waals surface area (Å²) in [7, 11) is 0. The van der Waals surface area contributed by atoms with Crippen LogP contribution in [0.3, 0.4) is 0 Å². The van der Waals surface area contributed by atoms with Crippen molar-refractivity contribution in [2.75, 3.05) is 26.2 Å². The normalized spacial score (nSPS) is 16.2. The van der Waals surface area contributed by atoms with Gasteiger partial charge >= 0.3 is 6.09 Å². The lowest BCUT2D eigenvalue weighted by molar-refractivity contribution is 0.0983. The Balaban J connectivity index is 1.86. The Morgan fingerprint density at radius 3 is 3.00 bits per heavy atom. The van der Waals surface area contributed by atoms with E-state index in [9.17, 15) is 4.79 Å². The summed E-state index contributed by atoms with van der Waals surface area (Å²) in [5.41, 5.74) is 2.22. The number of carbonyl (C=O) groups is 1. The van der Waals surface area contributed by atoms with Crippen molar-refractivity contribution in [3.05, 3.63) is 35.4 Å². The van der Waals surface area contributed by atoms with E-state index in [1.54, 1.807) is 4.90 Å². The van der Waals surface area contributed by atoms with Crippen LogP contribution >= 0.6 is 0 Å². The average Bonchev–Trinajstić information content (AvgIpc) is 2.66. The summed E-state index contributed by atoms with van der Waals surface area (Å²) in [5.74, 6) is 0. The van der Waals surface area contributed by atoms with E-state index in [1.165, 1.54) is 0 Å². The molecule has 0 bridgehead atoms. The molecule has 18 heavy (non-hydrogen) atoms. The Morgan fingerprint density at radius 2 is 2.17 bits per heavy atom. The minimum absolute atomic E-state index is 0.207. The molecular weight excluding hydrogens is 228 g/mol. The molecule has 1 aliphatic heterocycles. The molecule has 1 saturated heterocycles. The first-order chi connectivity index (χ1) is 8.77. The van der Waals surface area contributed by atoms with Gasteiger partial charge in [-0.05, 0) is 31.0 Å². The molecule has 0 radical (unpaired) electrons. The molecule has 1 aromatic carbocycles. The Labute approximate surface area is 108 Å². The molecule has 1 fully saturated rings. The summed E-state index contributed by atoms with van der Waals surface area (Å²) in [6.07, 6.45) is 0.779. The van der Waals surface area contributed by atoms with E-state index in [4.69, 9.17) is 4.74 Å². The van der Waals surface area contributed by atoms with Gasteiger partial charge in [-0.1, -0.05) is 24.3 Å². The molecule has 1 aromatic rings. The fraction of sp³-hybridized carbons (Fsp3) is 0.500. The van der Waals surface area contributed by atoms with Crippen LogP contribution in [-0.2, 0) is 11.3 Å². The molecule has 2 rings (SSSR count). The number of benzene rings is 1. The molecule has 1 amide bonds. The van der Waals surface area contributed by atoms with E-state index < -0.39 is 0 Å². The van der Waals surface area contributed by atoms with Crippen LogP contribution in [-0.4, -0.2) is 37.2 Å². The predicted octanol–water partition coefficient (Wildman–Crippen LogP) is 1.93. The predicted molar refractivity (Wildman–Crippen MR) is 70.4 cm³/mol. The molecular formula is C14H20N2O2. The molecule has 0 spiro atoms. The van der Waals surface area contributed by atoms with Gasteiger partial charge in [0, 0.05) is 19.6 Å². The smallest absolute Gasteiger partial charge is 0.410 e. The van der Waals surface area contributed by atoms with Gasteiger partial charge in [0.1, 0.15) is 6.61 Å². The number of hydrogen-bond donors (Lipinski definition) is 1. The number of aryl methyl sites for hydroxylation is 1. The molecule has 4 heteroatoms. The quantitative estimate of drug-likeness (QED) is 0.869. The minimum Gasteiger partial charge on any atom is -0.445 e. The van der Waals surface area contributed by atoms with Crippen molar-refractivity contribution < 1.29 is 9.53 Å². The average molecular weight is 248 g/mol. The van der Waals surface area contributed by atoms with Gasteiger partial charge in [-0.2, -0.15) is 0 Å². The van der Waals surface area contributed by atoms with E-state index in [0.717, 1.165) is 43.7 Å². The first-order valence-corrected chi connectivity index (χ1v) is 6.44. The summed E-state index contributed by atoms with van der Waals surface area (Å²) >= 11 is 0. The molecule has 0 unspecified atom stereocenters. The standard InChI is InChI=1S/C14H20N2O2/c1-12-5-2-3-6-13(12)11-18-14(17)16-9-4-7-15-8-10-16/h2-3,5-6,15H,4,7-11H2,1H3. The van der Waals surface area contributed by atoms with E-state index in [1.807, 2.05) is 31.2 Å². The van der Waals surface area contributed by atoms with Crippen LogP contribution in [0.15, 0.2) is 24.3 Å². The number of hydrogen-bond acceptors (Lipinski definition) is 3. The maximum atomic E-state index is 11.9. The fourth-order valence-corrected chi connectivity index (χ4v) is 2.03. The molecule has 98 valence electrons. The van der Waals surface area contributed by atoms with Gasteiger partial charge < -0.3 is 15.0 Å². The maximum Gasteiger partial charge on any atom is 0.410 e. The van der Waals surface area contributed by atoms with Crippen LogP contribution < -0.4 is 5.32 Å². The van der Waals surface area contributed by atoms with Gasteiger partial charge in [-0.25, -0.2) is 4.79 Å². The van der Waals surface area contributed by atoms with Crippen LogP contribution in [0, 0.1) is 6.92 Å². The molecule has 0 saturated carbocycles. The zero-order valence-corrected chi connectivity index (χ0v) is 10.8. The van der Waals surface area contributed by atoms with Crippen LogP contribution in [0.25, 0.3) is 0 Å². The zero-order chi connectivity index (χ0) is 12.8. The monoisotopic (exact) mass is 248 g/mol. The Morgan fingerprint density at radius 1 is 1.33 bits per heavy atom. The second kappa shape index (κ2) is 6.40. The third kappa shape index (κ3) is 3.47. The molecule has 1 heterocycles. The number of nitrogens with one attached hydrogen (secondary N) is 1. The highest BCUT2D eigenvalue weighted by Gasteiger charge is 2.16. The lowest BCUT2D eigenvalue weighted by Crippen LogP contribution is -2.34. The molecule has 1 N–H and O–H groups in total. The Bertz CT molecular complexity index is 399. The van der Waals surface area contributed by atoms with Gasteiger partial charge in [0.05, 0.1) is 0 Å². The number of carbonyl (C=O) groups excluding carboxylic acids is 1. The van der Waals surface area contributed by atoms with E-state index in [2.05, 4.69) is 5.32 Å². The summed E-state index contributed by atoms with van der Waals surface area (Å²) in [5, 5.41) is 3.27. The summed E-state index contributed by atoms with van der Waals surface area (Å²) in [6.45, 7) is 5.71. The van der Waals surface area contributed by atoms with Gasteiger partial charge in [0.25, 0.3) is 0 Å². The van der Waals surface area contributed by atoms with Gasteiger partial charge in [0.2, 0.25) is 0 Å².